The molecule has 0 aromatic carbocycles. The van der Waals surface area contributed by atoms with E-state index in [0.717, 1.165) is 12.8 Å². The number of amides is 1. The van der Waals surface area contributed by atoms with Gasteiger partial charge in [0.25, 0.3) is 0 Å². The summed E-state index contributed by atoms with van der Waals surface area (Å²) in [5.41, 5.74) is 0. The van der Waals surface area contributed by atoms with Gasteiger partial charge < -0.3 is 5.32 Å². The second kappa shape index (κ2) is 5.80. The van der Waals surface area contributed by atoms with Crippen molar-refractivity contribution >= 4 is 5.91 Å². The van der Waals surface area contributed by atoms with Gasteiger partial charge in [-0.25, -0.2) is 0 Å². The van der Waals surface area contributed by atoms with E-state index in [9.17, 15) is 4.79 Å². The Morgan fingerprint density at radius 3 is 2.80 bits per heavy atom. The standard InChI is InChI=1S/C13H21NO/c1-4-7-11(5-2)14-13(15)12-9-6-8-10(12)3/h1,10-12H,5-9H2,2-3H3,(H,14,15). The van der Waals surface area contributed by atoms with Crippen molar-refractivity contribution in [2.24, 2.45) is 11.8 Å². The van der Waals surface area contributed by atoms with Gasteiger partial charge in [0.15, 0.2) is 0 Å². The van der Waals surface area contributed by atoms with E-state index in [2.05, 4.69) is 25.1 Å². The zero-order chi connectivity index (χ0) is 11.3. The Hall–Kier alpha value is -0.970. The highest BCUT2D eigenvalue weighted by Gasteiger charge is 2.30. The van der Waals surface area contributed by atoms with E-state index in [4.69, 9.17) is 6.42 Å². The van der Waals surface area contributed by atoms with Crippen LogP contribution in [-0.2, 0) is 4.79 Å². The summed E-state index contributed by atoms with van der Waals surface area (Å²) in [7, 11) is 0. The minimum absolute atomic E-state index is 0.162. The van der Waals surface area contributed by atoms with Crippen molar-refractivity contribution in [2.45, 2.75) is 52.0 Å². The highest BCUT2D eigenvalue weighted by atomic mass is 16.1. The normalized spacial score (nSPS) is 27.0. The minimum Gasteiger partial charge on any atom is -0.352 e. The van der Waals surface area contributed by atoms with E-state index in [-0.39, 0.29) is 17.9 Å². The third-order valence-electron chi connectivity index (χ3n) is 3.40. The van der Waals surface area contributed by atoms with Gasteiger partial charge in [-0.2, -0.15) is 0 Å². The van der Waals surface area contributed by atoms with Gasteiger partial charge in [0, 0.05) is 18.4 Å². The van der Waals surface area contributed by atoms with Gasteiger partial charge in [-0.1, -0.05) is 20.3 Å². The quantitative estimate of drug-likeness (QED) is 0.704. The molecule has 1 amide bonds. The summed E-state index contributed by atoms with van der Waals surface area (Å²) in [4.78, 5) is 11.9. The second-order valence-electron chi connectivity index (χ2n) is 4.54. The van der Waals surface area contributed by atoms with Crippen molar-refractivity contribution in [3.8, 4) is 12.3 Å². The number of nitrogens with one attached hydrogen (secondary N) is 1. The molecule has 0 aromatic heterocycles. The van der Waals surface area contributed by atoms with Gasteiger partial charge in [0.1, 0.15) is 0 Å². The molecule has 1 rings (SSSR count). The monoisotopic (exact) mass is 207 g/mol. The fourth-order valence-electron chi connectivity index (χ4n) is 2.28. The van der Waals surface area contributed by atoms with Crippen molar-refractivity contribution in [3.63, 3.8) is 0 Å². The molecule has 0 bridgehead atoms. The predicted octanol–water partition coefficient (Wildman–Crippen LogP) is 2.34. The smallest absolute Gasteiger partial charge is 0.223 e. The maximum atomic E-state index is 11.9. The molecule has 3 atom stereocenters. The molecule has 15 heavy (non-hydrogen) atoms. The number of terminal acetylenes is 1. The summed E-state index contributed by atoms with van der Waals surface area (Å²) < 4.78 is 0. The number of carbonyl (C=O) groups is 1. The molecule has 0 radical (unpaired) electrons. The average molecular weight is 207 g/mol. The van der Waals surface area contributed by atoms with E-state index in [1.54, 1.807) is 0 Å². The Bertz CT molecular complexity index is 254. The highest BCUT2D eigenvalue weighted by Crippen LogP contribution is 2.31. The molecule has 0 saturated heterocycles. The fraction of sp³-hybridized carbons (Fsp3) is 0.769. The molecule has 0 spiro atoms. The molecular formula is C13H21NO. The summed E-state index contributed by atoms with van der Waals surface area (Å²) in [6.45, 7) is 4.22. The molecule has 1 fully saturated rings. The van der Waals surface area contributed by atoms with Crippen molar-refractivity contribution < 1.29 is 4.79 Å². The first kappa shape index (κ1) is 12.1. The Kier molecular flexibility index (Phi) is 4.68. The molecule has 0 aliphatic heterocycles. The fourth-order valence-corrected chi connectivity index (χ4v) is 2.28. The van der Waals surface area contributed by atoms with Gasteiger partial charge in [-0.15, -0.1) is 12.3 Å². The van der Waals surface area contributed by atoms with Crippen LogP contribution in [0, 0.1) is 24.2 Å². The maximum Gasteiger partial charge on any atom is 0.223 e. The summed E-state index contributed by atoms with van der Waals surface area (Å²) in [6, 6.07) is 0.162. The summed E-state index contributed by atoms with van der Waals surface area (Å²) in [5, 5.41) is 3.06. The minimum atomic E-state index is 0.162. The molecule has 0 aromatic rings. The molecule has 1 aliphatic rings. The zero-order valence-electron chi connectivity index (χ0n) is 9.75. The van der Waals surface area contributed by atoms with Crippen LogP contribution < -0.4 is 5.32 Å². The molecular weight excluding hydrogens is 186 g/mol. The summed E-state index contributed by atoms with van der Waals surface area (Å²) in [6.07, 6.45) is 10.2. The lowest BCUT2D eigenvalue weighted by molar-refractivity contribution is -0.126. The lowest BCUT2D eigenvalue weighted by atomic mass is 9.96. The van der Waals surface area contributed by atoms with Crippen molar-refractivity contribution in [1.82, 2.24) is 5.32 Å². The van der Waals surface area contributed by atoms with Gasteiger partial charge in [-0.3, -0.25) is 4.79 Å². The molecule has 2 heteroatoms. The van der Waals surface area contributed by atoms with Crippen molar-refractivity contribution in [3.05, 3.63) is 0 Å². The second-order valence-corrected chi connectivity index (χ2v) is 4.54. The van der Waals surface area contributed by atoms with Crippen LogP contribution in [0.1, 0.15) is 46.0 Å². The first-order valence-corrected chi connectivity index (χ1v) is 5.92. The van der Waals surface area contributed by atoms with E-state index in [1.807, 2.05) is 0 Å². The lowest BCUT2D eigenvalue weighted by Crippen LogP contribution is -2.39. The average Bonchev–Trinajstić information content (AvgIpc) is 2.63. The van der Waals surface area contributed by atoms with E-state index >= 15 is 0 Å². The largest absolute Gasteiger partial charge is 0.352 e. The molecule has 1 N–H and O–H groups in total. The van der Waals surface area contributed by atoms with Gasteiger partial charge in [-0.05, 0) is 25.2 Å². The topological polar surface area (TPSA) is 29.1 Å². The van der Waals surface area contributed by atoms with Crippen molar-refractivity contribution in [1.29, 1.82) is 0 Å². The number of rotatable bonds is 4. The summed E-state index contributed by atoms with van der Waals surface area (Å²) in [5.74, 6) is 3.58. The molecule has 0 heterocycles. The number of hydrogen-bond acceptors (Lipinski definition) is 1. The van der Waals surface area contributed by atoms with E-state index in [1.165, 1.54) is 12.8 Å². The van der Waals surface area contributed by atoms with Crippen LogP contribution in [0.15, 0.2) is 0 Å². The van der Waals surface area contributed by atoms with Crippen LogP contribution in [0.25, 0.3) is 0 Å². The van der Waals surface area contributed by atoms with E-state index < -0.39 is 0 Å². The highest BCUT2D eigenvalue weighted by molar-refractivity contribution is 5.79. The van der Waals surface area contributed by atoms with Crippen LogP contribution in [0.2, 0.25) is 0 Å². The Morgan fingerprint density at radius 2 is 2.33 bits per heavy atom. The van der Waals surface area contributed by atoms with Crippen LogP contribution >= 0.6 is 0 Å². The van der Waals surface area contributed by atoms with Crippen LogP contribution in [0.4, 0.5) is 0 Å². The third kappa shape index (κ3) is 3.27. The number of carbonyl (C=O) groups excluding carboxylic acids is 1. The zero-order valence-corrected chi connectivity index (χ0v) is 9.75. The first-order chi connectivity index (χ1) is 7.19. The molecule has 84 valence electrons. The predicted molar refractivity (Wildman–Crippen MR) is 62.2 cm³/mol. The van der Waals surface area contributed by atoms with E-state index in [0.29, 0.717) is 12.3 Å². The maximum absolute atomic E-state index is 11.9. The molecule has 3 unspecified atom stereocenters. The number of hydrogen-bond donors (Lipinski definition) is 1. The third-order valence-corrected chi connectivity index (χ3v) is 3.40. The van der Waals surface area contributed by atoms with Gasteiger partial charge >= 0.3 is 0 Å². The van der Waals surface area contributed by atoms with Crippen molar-refractivity contribution in [2.75, 3.05) is 0 Å². The Morgan fingerprint density at radius 1 is 1.60 bits per heavy atom. The van der Waals surface area contributed by atoms with Gasteiger partial charge in [0.2, 0.25) is 5.91 Å². The Labute approximate surface area is 92.8 Å². The van der Waals surface area contributed by atoms with Crippen LogP contribution in [0.3, 0.4) is 0 Å². The van der Waals surface area contributed by atoms with Crippen LogP contribution in [-0.4, -0.2) is 11.9 Å². The first-order valence-electron chi connectivity index (χ1n) is 5.92. The molecule has 2 nitrogen and oxygen atoms in total. The van der Waals surface area contributed by atoms with Gasteiger partial charge in [0.05, 0.1) is 0 Å². The summed E-state index contributed by atoms with van der Waals surface area (Å²) >= 11 is 0. The Balaban J connectivity index is 2.43. The molecule has 1 saturated carbocycles. The molecule has 1 aliphatic carbocycles. The lowest BCUT2D eigenvalue weighted by Gasteiger charge is -2.20. The SMILES string of the molecule is C#CCC(CC)NC(=O)C1CCCC1C. The van der Waals surface area contributed by atoms with Crippen LogP contribution in [0.5, 0.6) is 0 Å².